The average Bonchev–Trinajstić information content (AvgIpc) is 2.22. The third-order valence-corrected chi connectivity index (χ3v) is 1.74. The van der Waals surface area contributed by atoms with Gasteiger partial charge in [-0.3, -0.25) is 0 Å². The van der Waals surface area contributed by atoms with Crippen molar-refractivity contribution in [2.75, 3.05) is 12.0 Å². The number of carbonyl (C=O) groups is 1. The van der Waals surface area contributed by atoms with Gasteiger partial charge in [-0.15, -0.1) is 0 Å². The van der Waals surface area contributed by atoms with Crippen LogP contribution in [0.2, 0.25) is 5.02 Å². The fourth-order valence-corrected chi connectivity index (χ4v) is 0.978. The second-order valence-corrected chi connectivity index (χ2v) is 2.98. The van der Waals surface area contributed by atoms with Gasteiger partial charge >= 0.3 is 6.03 Å². The number of isocyanates is 1. The zero-order chi connectivity index (χ0) is 11.1. The van der Waals surface area contributed by atoms with Crippen LogP contribution in [0.15, 0.2) is 29.3 Å². The highest BCUT2D eigenvalue weighted by molar-refractivity contribution is 6.30. The van der Waals surface area contributed by atoms with Crippen molar-refractivity contribution in [1.82, 2.24) is 5.32 Å². The van der Waals surface area contributed by atoms with Gasteiger partial charge < -0.3 is 10.6 Å². The maximum atomic E-state index is 11.1. The molecule has 0 heterocycles. The first-order valence-corrected chi connectivity index (χ1v) is 4.44. The van der Waals surface area contributed by atoms with Crippen molar-refractivity contribution in [3.05, 3.63) is 29.3 Å². The van der Waals surface area contributed by atoms with Gasteiger partial charge in [-0.1, -0.05) is 11.6 Å². The molecule has 2 amide bonds. The number of nitrogens with one attached hydrogen (secondary N) is 2. The first-order chi connectivity index (χ1) is 7.22. The summed E-state index contributed by atoms with van der Waals surface area (Å²) in [6.07, 6.45) is 1.31. The number of benzene rings is 1. The first-order valence-electron chi connectivity index (χ1n) is 4.06. The molecule has 0 aliphatic rings. The van der Waals surface area contributed by atoms with E-state index in [0.29, 0.717) is 10.7 Å². The van der Waals surface area contributed by atoms with Gasteiger partial charge in [0.1, 0.15) is 6.67 Å². The van der Waals surface area contributed by atoms with E-state index in [0.717, 1.165) is 0 Å². The number of halogens is 1. The predicted octanol–water partition coefficient (Wildman–Crippen LogP) is 1.75. The standard InChI is InChI=1S/C9H8ClN3O2/c10-7-1-3-8(4-2-7)13-9(15)12-5-11-6-14/h1-4H,5H2,(H2,12,13,15). The SMILES string of the molecule is O=C=NCNC(=O)Nc1ccc(Cl)cc1. The molecule has 0 unspecified atom stereocenters. The van der Waals surface area contributed by atoms with Gasteiger partial charge in [-0.2, -0.15) is 4.99 Å². The monoisotopic (exact) mass is 225 g/mol. The molecule has 1 aromatic carbocycles. The van der Waals surface area contributed by atoms with Gasteiger partial charge in [-0.25, -0.2) is 9.59 Å². The van der Waals surface area contributed by atoms with Crippen molar-refractivity contribution in [1.29, 1.82) is 0 Å². The van der Waals surface area contributed by atoms with Crippen LogP contribution in [0.5, 0.6) is 0 Å². The summed E-state index contributed by atoms with van der Waals surface area (Å²) in [6, 6.07) is 6.17. The fraction of sp³-hybridized carbons (Fsp3) is 0.111. The number of urea groups is 1. The van der Waals surface area contributed by atoms with Gasteiger partial charge in [0.15, 0.2) is 0 Å². The molecule has 0 bridgehead atoms. The summed E-state index contributed by atoms with van der Waals surface area (Å²) in [5.74, 6) is 0. The Morgan fingerprint density at radius 3 is 2.67 bits per heavy atom. The summed E-state index contributed by atoms with van der Waals surface area (Å²) < 4.78 is 0. The van der Waals surface area contributed by atoms with Crippen molar-refractivity contribution < 1.29 is 9.59 Å². The van der Waals surface area contributed by atoms with Crippen molar-refractivity contribution >= 4 is 29.4 Å². The molecule has 1 aromatic rings. The molecular weight excluding hydrogens is 218 g/mol. The Bertz CT molecular complexity index is 385. The van der Waals surface area contributed by atoms with E-state index < -0.39 is 6.03 Å². The van der Waals surface area contributed by atoms with Crippen LogP contribution < -0.4 is 10.6 Å². The zero-order valence-electron chi connectivity index (χ0n) is 7.66. The van der Waals surface area contributed by atoms with Crippen molar-refractivity contribution in [3.8, 4) is 0 Å². The molecule has 6 heteroatoms. The molecule has 0 saturated heterocycles. The largest absolute Gasteiger partial charge is 0.320 e. The van der Waals surface area contributed by atoms with E-state index in [1.165, 1.54) is 6.08 Å². The topological polar surface area (TPSA) is 70.6 Å². The lowest BCUT2D eigenvalue weighted by molar-refractivity contribution is 0.252. The number of anilines is 1. The van der Waals surface area contributed by atoms with Crippen LogP contribution in [0.25, 0.3) is 0 Å². The molecule has 15 heavy (non-hydrogen) atoms. The van der Waals surface area contributed by atoms with Gasteiger partial charge in [0.05, 0.1) is 0 Å². The predicted molar refractivity (Wildman–Crippen MR) is 56.6 cm³/mol. The number of aliphatic imine (C=N–C) groups is 1. The molecule has 0 saturated carbocycles. The minimum atomic E-state index is -0.448. The summed E-state index contributed by atoms with van der Waals surface area (Å²) >= 11 is 5.66. The van der Waals surface area contributed by atoms with E-state index in [2.05, 4.69) is 15.6 Å². The van der Waals surface area contributed by atoms with Crippen LogP contribution >= 0.6 is 11.6 Å². The van der Waals surface area contributed by atoms with E-state index >= 15 is 0 Å². The lowest BCUT2D eigenvalue weighted by Gasteiger charge is -2.04. The molecule has 5 nitrogen and oxygen atoms in total. The number of nitrogens with zero attached hydrogens (tertiary/aromatic N) is 1. The van der Waals surface area contributed by atoms with E-state index in [4.69, 9.17) is 11.6 Å². The lowest BCUT2D eigenvalue weighted by Crippen LogP contribution is -2.28. The van der Waals surface area contributed by atoms with Gasteiger partial charge in [-0.05, 0) is 24.3 Å². The second kappa shape index (κ2) is 5.80. The minimum Gasteiger partial charge on any atom is -0.318 e. The Hall–Kier alpha value is -1.84. The molecule has 1 rings (SSSR count). The lowest BCUT2D eigenvalue weighted by atomic mass is 10.3. The summed E-state index contributed by atoms with van der Waals surface area (Å²) in [5.41, 5.74) is 0.604. The fourth-order valence-electron chi connectivity index (χ4n) is 0.852. The van der Waals surface area contributed by atoms with E-state index in [-0.39, 0.29) is 6.67 Å². The number of hydrogen-bond donors (Lipinski definition) is 2. The highest BCUT2D eigenvalue weighted by atomic mass is 35.5. The molecular formula is C9H8ClN3O2. The first kappa shape index (κ1) is 11.2. The summed E-state index contributed by atoms with van der Waals surface area (Å²) in [6.45, 7) is -0.0943. The Morgan fingerprint density at radius 1 is 1.40 bits per heavy atom. The number of hydrogen-bond acceptors (Lipinski definition) is 3. The quantitative estimate of drug-likeness (QED) is 0.608. The average molecular weight is 226 g/mol. The van der Waals surface area contributed by atoms with E-state index in [1.807, 2.05) is 0 Å². The van der Waals surface area contributed by atoms with Gasteiger partial charge in [0.25, 0.3) is 0 Å². The molecule has 0 aliphatic heterocycles. The Morgan fingerprint density at radius 2 is 2.07 bits per heavy atom. The second-order valence-electron chi connectivity index (χ2n) is 2.55. The zero-order valence-corrected chi connectivity index (χ0v) is 8.41. The molecule has 78 valence electrons. The van der Waals surface area contributed by atoms with Crippen molar-refractivity contribution in [2.24, 2.45) is 4.99 Å². The number of rotatable bonds is 3. The van der Waals surface area contributed by atoms with Crippen LogP contribution in [0.4, 0.5) is 10.5 Å². The van der Waals surface area contributed by atoms with E-state index in [1.54, 1.807) is 24.3 Å². The summed E-state index contributed by atoms with van der Waals surface area (Å²) in [5, 5.41) is 5.45. The van der Waals surface area contributed by atoms with Gasteiger partial charge in [0, 0.05) is 10.7 Å². The molecule has 0 aromatic heterocycles. The van der Waals surface area contributed by atoms with Gasteiger partial charge in [0.2, 0.25) is 6.08 Å². The maximum Gasteiger partial charge on any atom is 0.320 e. The third kappa shape index (κ3) is 4.26. The van der Waals surface area contributed by atoms with Crippen LogP contribution in [0.1, 0.15) is 0 Å². The highest BCUT2D eigenvalue weighted by Gasteiger charge is 1.99. The smallest absolute Gasteiger partial charge is 0.318 e. The third-order valence-electron chi connectivity index (χ3n) is 1.49. The number of amides is 2. The summed E-state index contributed by atoms with van der Waals surface area (Å²) in [7, 11) is 0. The van der Waals surface area contributed by atoms with Crippen molar-refractivity contribution in [3.63, 3.8) is 0 Å². The summed E-state index contributed by atoms with van der Waals surface area (Å²) in [4.78, 5) is 24.0. The normalized spacial score (nSPS) is 8.87. The molecule has 2 N–H and O–H groups in total. The molecule has 0 spiro atoms. The van der Waals surface area contributed by atoms with E-state index in [9.17, 15) is 9.59 Å². The Balaban J connectivity index is 2.44. The minimum absolute atomic E-state index is 0.0943. The molecule has 0 radical (unpaired) electrons. The van der Waals surface area contributed by atoms with Crippen LogP contribution in [-0.4, -0.2) is 18.8 Å². The van der Waals surface area contributed by atoms with Crippen LogP contribution in [-0.2, 0) is 4.79 Å². The molecule has 0 aliphatic carbocycles. The highest BCUT2D eigenvalue weighted by Crippen LogP contribution is 2.12. The van der Waals surface area contributed by atoms with Crippen LogP contribution in [0, 0.1) is 0 Å². The molecule has 0 atom stereocenters. The maximum absolute atomic E-state index is 11.1. The Kier molecular flexibility index (Phi) is 4.34. The number of carbonyl (C=O) groups excluding carboxylic acids is 2. The van der Waals surface area contributed by atoms with Crippen molar-refractivity contribution in [2.45, 2.75) is 0 Å². The van der Waals surface area contributed by atoms with Crippen LogP contribution in [0.3, 0.4) is 0 Å². The molecule has 0 fully saturated rings. The Labute approximate surface area is 91.1 Å².